The van der Waals surface area contributed by atoms with Crippen molar-refractivity contribution >= 4 is 5.91 Å². The first-order chi connectivity index (χ1) is 10.2. The van der Waals surface area contributed by atoms with Gasteiger partial charge in [-0.05, 0) is 25.3 Å². The fourth-order valence-corrected chi connectivity index (χ4v) is 2.22. The van der Waals surface area contributed by atoms with Crippen molar-refractivity contribution in [1.29, 1.82) is 0 Å². The summed E-state index contributed by atoms with van der Waals surface area (Å²) in [7, 11) is 0. The Bertz CT molecular complexity index is 614. The normalized spacial score (nSPS) is 14.9. The van der Waals surface area contributed by atoms with Crippen LogP contribution in [0.25, 0.3) is 0 Å². The second-order valence-electron chi connectivity index (χ2n) is 5.28. The van der Waals surface area contributed by atoms with E-state index in [1.165, 1.54) is 5.56 Å². The monoisotopic (exact) mass is 289 g/mol. The molecule has 8 heteroatoms. The Balaban J connectivity index is 1.43. The van der Waals surface area contributed by atoms with E-state index in [2.05, 4.69) is 31.1 Å². The maximum atomic E-state index is 12.0. The van der Waals surface area contributed by atoms with Gasteiger partial charge >= 0.3 is 0 Å². The van der Waals surface area contributed by atoms with Crippen molar-refractivity contribution < 1.29 is 4.79 Å². The van der Waals surface area contributed by atoms with Gasteiger partial charge in [0.15, 0.2) is 5.69 Å². The van der Waals surface area contributed by atoms with Crippen molar-refractivity contribution in [3.63, 3.8) is 0 Å². The Labute approximate surface area is 122 Å². The van der Waals surface area contributed by atoms with Crippen LogP contribution in [0.15, 0.2) is 12.4 Å². The molecule has 0 aliphatic carbocycles. The van der Waals surface area contributed by atoms with Gasteiger partial charge in [-0.15, -0.1) is 5.10 Å². The molecule has 1 aliphatic rings. The van der Waals surface area contributed by atoms with Crippen LogP contribution < -0.4 is 10.6 Å². The highest BCUT2D eigenvalue weighted by Crippen LogP contribution is 2.09. The predicted octanol–water partition coefficient (Wildman–Crippen LogP) is -0.183. The van der Waals surface area contributed by atoms with Gasteiger partial charge in [-0.3, -0.25) is 9.89 Å². The first kappa shape index (κ1) is 13.7. The lowest BCUT2D eigenvalue weighted by Crippen LogP contribution is -2.43. The van der Waals surface area contributed by atoms with Gasteiger partial charge in [0.05, 0.1) is 18.4 Å². The van der Waals surface area contributed by atoms with Gasteiger partial charge in [-0.1, -0.05) is 5.21 Å². The molecule has 3 N–H and O–H groups in total. The molecule has 0 saturated carbocycles. The number of carbonyl (C=O) groups is 1. The number of nitrogens with one attached hydrogen (secondary N) is 3. The fraction of sp³-hybridized carbons (Fsp3) is 0.538. The summed E-state index contributed by atoms with van der Waals surface area (Å²) < 4.78 is 1.75. The maximum Gasteiger partial charge on any atom is 0.273 e. The number of aryl methyl sites for hydroxylation is 2. The molecular weight excluding hydrogens is 270 g/mol. The highest BCUT2D eigenvalue weighted by molar-refractivity contribution is 5.91. The van der Waals surface area contributed by atoms with E-state index in [9.17, 15) is 4.79 Å². The third-order valence-electron chi connectivity index (χ3n) is 3.72. The zero-order valence-corrected chi connectivity index (χ0v) is 12.0. The first-order valence-corrected chi connectivity index (χ1v) is 7.13. The molecule has 8 nitrogen and oxygen atoms in total. The molecule has 1 aliphatic heterocycles. The Hall–Kier alpha value is -2.22. The van der Waals surface area contributed by atoms with E-state index < -0.39 is 0 Å². The Kier molecular flexibility index (Phi) is 3.96. The van der Waals surface area contributed by atoms with Crippen LogP contribution in [0.5, 0.6) is 0 Å². The molecule has 2 aromatic rings. The van der Waals surface area contributed by atoms with E-state index in [0.29, 0.717) is 18.3 Å². The number of hydrogen-bond acceptors (Lipinski definition) is 5. The SMILES string of the molecule is Cc1[nH]ncc1CCCNC(=O)c1cn(C2CNC2)nn1. The van der Waals surface area contributed by atoms with Crippen LogP contribution in [0.1, 0.15) is 34.2 Å². The molecule has 112 valence electrons. The molecule has 0 bridgehead atoms. The quantitative estimate of drug-likeness (QED) is 0.640. The minimum Gasteiger partial charge on any atom is -0.351 e. The molecular formula is C13H19N7O. The van der Waals surface area contributed by atoms with Gasteiger partial charge in [-0.2, -0.15) is 5.10 Å². The zero-order chi connectivity index (χ0) is 14.7. The average molecular weight is 289 g/mol. The van der Waals surface area contributed by atoms with E-state index in [-0.39, 0.29) is 5.91 Å². The minimum atomic E-state index is -0.169. The molecule has 0 spiro atoms. The van der Waals surface area contributed by atoms with E-state index in [4.69, 9.17) is 0 Å². The van der Waals surface area contributed by atoms with E-state index in [0.717, 1.165) is 31.6 Å². The molecule has 1 amide bonds. The molecule has 3 heterocycles. The lowest BCUT2D eigenvalue weighted by molar-refractivity contribution is 0.0948. The van der Waals surface area contributed by atoms with Crippen molar-refractivity contribution in [2.24, 2.45) is 0 Å². The number of amides is 1. The van der Waals surface area contributed by atoms with Gasteiger partial charge in [0.2, 0.25) is 0 Å². The van der Waals surface area contributed by atoms with Gasteiger partial charge in [0.25, 0.3) is 5.91 Å². The molecule has 0 atom stereocenters. The van der Waals surface area contributed by atoms with Crippen LogP contribution in [0.4, 0.5) is 0 Å². The number of H-pyrrole nitrogens is 1. The van der Waals surface area contributed by atoms with E-state index in [1.807, 2.05) is 13.1 Å². The lowest BCUT2D eigenvalue weighted by Gasteiger charge is -2.26. The third kappa shape index (κ3) is 3.10. The van der Waals surface area contributed by atoms with E-state index >= 15 is 0 Å². The van der Waals surface area contributed by atoms with Gasteiger partial charge in [0.1, 0.15) is 0 Å². The Morgan fingerprint density at radius 2 is 2.38 bits per heavy atom. The largest absolute Gasteiger partial charge is 0.351 e. The third-order valence-corrected chi connectivity index (χ3v) is 3.72. The van der Waals surface area contributed by atoms with Gasteiger partial charge in [-0.25, -0.2) is 4.68 Å². The lowest BCUT2D eigenvalue weighted by atomic mass is 10.1. The number of nitrogens with zero attached hydrogens (tertiary/aromatic N) is 4. The number of hydrogen-bond donors (Lipinski definition) is 3. The molecule has 1 fully saturated rings. The molecule has 21 heavy (non-hydrogen) atoms. The fourth-order valence-electron chi connectivity index (χ4n) is 2.22. The van der Waals surface area contributed by atoms with Crippen molar-refractivity contribution in [1.82, 2.24) is 35.8 Å². The second-order valence-corrected chi connectivity index (χ2v) is 5.28. The summed E-state index contributed by atoms with van der Waals surface area (Å²) in [6, 6.07) is 0.322. The molecule has 2 aromatic heterocycles. The molecule has 0 radical (unpaired) electrons. The summed E-state index contributed by atoms with van der Waals surface area (Å²) in [6.45, 7) is 4.37. The van der Waals surface area contributed by atoms with E-state index in [1.54, 1.807) is 10.9 Å². The summed E-state index contributed by atoms with van der Waals surface area (Å²) in [5, 5.41) is 20.8. The van der Waals surface area contributed by atoms with Crippen LogP contribution in [-0.4, -0.2) is 50.7 Å². The topological polar surface area (TPSA) is 101 Å². The summed E-state index contributed by atoms with van der Waals surface area (Å²) in [5.74, 6) is -0.169. The Morgan fingerprint density at radius 1 is 1.52 bits per heavy atom. The van der Waals surface area contributed by atoms with Crippen LogP contribution in [0, 0.1) is 6.92 Å². The number of rotatable bonds is 6. The van der Waals surface area contributed by atoms with Crippen molar-refractivity contribution in [2.45, 2.75) is 25.8 Å². The zero-order valence-electron chi connectivity index (χ0n) is 12.0. The van der Waals surface area contributed by atoms with Crippen molar-refractivity contribution in [2.75, 3.05) is 19.6 Å². The molecule has 3 rings (SSSR count). The smallest absolute Gasteiger partial charge is 0.273 e. The van der Waals surface area contributed by atoms with Crippen LogP contribution >= 0.6 is 0 Å². The van der Waals surface area contributed by atoms with Gasteiger partial charge in [0, 0.05) is 25.3 Å². The predicted molar refractivity (Wildman–Crippen MR) is 75.9 cm³/mol. The van der Waals surface area contributed by atoms with Crippen molar-refractivity contribution in [3.8, 4) is 0 Å². The van der Waals surface area contributed by atoms with Crippen LogP contribution in [-0.2, 0) is 6.42 Å². The second kappa shape index (κ2) is 6.04. The maximum absolute atomic E-state index is 12.0. The Morgan fingerprint density at radius 3 is 3.05 bits per heavy atom. The molecule has 1 saturated heterocycles. The summed E-state index contributed by atoms with van der Waals surface area (Å²) in [6.07, 6.45) is 5.30. The summed E-state index contributed by atoms with van der Waals surface area (Å²) >= 11 is 0. The molecule has 0 aromatic carbocycles. The number of aromatic amines is 1. The first-order valence-electron chi connectivity index (χ1n) is 7.13. The van der Waals surface area contributed by atoms with Crippen LogP contribution in [0.3, 0.4) is 0 Å². The average Bonchev–Trinajstić information content (AvgIpc) is 3.02. The van der Waals surface area contributed by atoms with Crippen molar-refractivity contribution in [3.05, 3.63) is 29.3 Å². The number of aromatic nitrogens is 5. The minimum absolute atomic E-state index is 0.169. The summed E-state index contributed by atoms with van der Waals surface area (Å²) in [4.78, 5) is 12.0. The highest BCUT2D eigenvalue weighted by Gasteiger charge is 2.21. The molecule has 0 unspecified atom stereocenters. The van der Waals surface area contributed by atoms with Gasteiger partial charge < -0.3 is 10.6 Å². The van der Waals surface area contributed by atoms with Crippen LogP contribution in [0.2, 0.25) is 0 Å². The highest BCUT2D eigenvalue weighted by atomic mass is 16.2. The standard InChI is InChI=1S/C13H19N7O/c1-9-10(5-16-17-9)3-2-4-15-13(21)12-8-20(19-18-12)11-6-14-7-11/h5,8,11,14H,2-4,6-7H2,1H3,(H,15,21)(H,16,17). The number of carbonyl (C=O) groups excluding carboxylic acids is 1. The summed E-state index contributed by atoms with van der Waals surface area (Å²) in [5.41, 5.74) is 2.65.